The van der Waals surface area contributed by atoms with Crippen LogP contribution < -0.4 is 5.32 Å². The Labute approximate surface area is 140 Å². The molecule has 0 radical (unpaired) electrons. The molecule has 0 spiro atoms. The number of aromatic nitrogens is 1. The molecule has 1 aliphatic heterocycles. The fourth-order valence-corrected chi connectivity index (χ4v) is 4.97. The number of nitrogens with one attached hydrogen (secondary N) is 1. The third kappa shape index (κ3) is 2.49. The van der Waals surface area contributed by atoms with Crippen LogP contribution in [0.25, 0.3) is 0 Å². The van der Waals surface area contributed by atoms with Gasteiger partial charge in [0.1, 0.15) is 0 Å². The number of hydrogen-bond donors (Lipinski definition) is 1. The summed E-state index contributed by atoms with van der Waals surface area (Å²) in [7, 11) is 0. The first-order valence-corrected chi connectivity index (χ1v) is 9.46. The predicted molar refractivity (Wildman–Crippen MR) is 93.0 cm³/mol. The van der Waals surface area contributed by atoms with Gasteiger partial charge in [0.2, 0.25) is 0 Å². The monoisotopic (exact) mass is 332 g/mol. The number of hydrogen-bond acceptors (Lipinski definition) is 3. The molecule has 2 aliphatic rings. The van der Waals surface area contributed by atoms with Crippen molar-refractivity contribution >= 4 is 22.9 Å². The molecule has 1 aliphatic carbocycles. The minimum absolute atomic E-state index is 0.145. The zero-order chi connectivity index (χ0) is 15.0. The van der Waals surface area contributed by atoms with Crippen LogP contribution in [0.15, 0.2) is 29.6 Å². The third-order valence-electron chi connectivity index (χ3n) is 5.30. The molecule has 1 saturated heterocycles. The van der Waals surface area contributed by atoms with Crippen molar-refractivity contribution in [2.24, 2.45) is 0 Å². The van der Waals surface area contributed by atoms with E-state index >= 15 is 0 Å². The lowest BCUT2D eigenvalue weighted by molar-refractivity contribution is 0.294. The fourth-order valence-electron chi connectivity index (χ4n) is 3.76. The summed E-state index contributed by atoms with van der Waals surface area (Å²) < 4.78 is 0. The highest BCUT2D eigenvalue weighted by atomic mass is 35.5. The second-order valence-electron chi connectivity index (χ2n) is 6.54. The molecule has 116 valence electrons. The third-order valence-corrected chi connectivity index (χ3v) is 6.56. The van der Waals surface area contributed by atoms with Gasteiger partial charge in [-0.1, -0.05) is 30.2 Å². The molecule has 4 heteroatoms. The Morgan fingerprint density at radius 3 is 2.50 bits per heavy atom. The van der Waals surface area contributed by atoms with Gasteiger partial charge in [0, 0.05) is 21.7 Å². The lowest BCUT2D eigenvalue weighted by atomic mass is 9.63. The summed E-state index contributed by atoms with van der Waals surface area (Å²) in [5.41, 5.74) is 2.82. The summed E-state index contributed by atoms with van der Waals surface area (Å²) >= 11 is 7.92. The molecule has 1 aromatic heterocycles. The molecule has 0 bridgehead atoms. The Morgan fingerprint density at radius 2 is 1.86 bits per heavy atom. The quantitative estimate of drug-likeness (QED) is 0.878. The van der Waals surface area contributed by atoms with Gasteiger partial charge in [0.15, 0.2) is 0 Å². The summed E-state index contributed by atoms with van der Waals surface area (Å²) in [6, 6.07) is 8.39. The zero-order valence-corrected chi connectivity index (χ0v) is 14.2. The largest absolute Gasteiger partial charge is 0.317 e. The molecule has 4 rings (SSSR count). The molecular weight excluding hydrogens is 312 g/mol. The average Bonchev–Trinajstić information content (AvgIpc) is 2.99. The van der Waals surface area contributed by atoms with Gasteiger partial charge >= 0.3 is 0 Å². The first-order valence-electron chi connectivity index (χ1n) is 8.21. The van der Waals surface area contributed by atoms with Crippen molar-refractivity contribution in [3.63, 3.8) is 0 Å². The van der Waals surface area contributed by atoms with Gasteiger partial charge in [-0.05, 0) is 56.5 Å². The van der Waals surface area contributed by atoms with Gasteiger partial charge in [-0.2, -0.15) is 0 Å². The van der Waals surface area contributed by atoms with Crippen molar-refractivity contribution < 1.29 is 0 Å². The Balaban J connectivity index is 1.64. The molecular formula is C18H21ClN2S. The summed E-state index contributed by atoms with van der Waals surface area (Å²) in [5.74, 6) is 0.655. The predicted octanol–water partition coefficient (Wildman–Crippen LogP) is 4.73. The molecule has 0 amide bonds. The molecule has 1 N–H and O–H groups in total. The minimum atomic E-state index is 0.145. The normalized spacial score (nSPS) is 21.5. The van der Waals surface area contributed by atoms with Crippen LogP contribution in [0, 0.1) is 0 Å². The second-order valence-corrected chi connectivity index (χ2v) is 7.86. The number of nitrogens with zero attached hydrogens (tertiary/aromatic N) is 1. The highest BCUT2D eigenvalue weighted by Crippen LogP contribution is 2.49. The number of rotatable bonds is 3. The smallest absolute Gasteiger partial charge is 0.0960 e. The number of thiazole rings is 1. The molecule has 0 atom stereocenters. The summed E-state index contributed by atoms with van der Waals surface area (Å²) in [6.45, 7) is 2.25. The van der Waals surface area contributed by atoms with Crippen LogP contribution >= 0.6 is 22.9 Å². The van der Waals surface area contributed by atoms with E-state index in [-0.39, 0.29) is 5.41 Å². The topological polar surface area (TPSA) is 24.9 Å². The van der Waals surface area contributed by atoms with E-state index in [1.807, 2.05) is 23.5 Å². The summed E-state index contributed by atoms with van der Waals surface area (Å²) in [5, 5.41) is 7.91. The zero-order valence-electron chi connectivity index (χ0n) is 12.6. The maximum atomic E-state index is 6.06. The summed E-state index contributed by atoms with van der Waals surface area (Å²) in [6.07, 6.45) is 6.17. The maximum absolute atomic E-state index is 6.06. The average molecular weight is 333 g/mol. The van der Waals surface area contributed by atoms with Crippen LogP contribution in [0.5, 0.6) is 0 Å². The Bertz CT molecular complexity index is 639. The van der Waals surface area contributed by atoms with Gasteiger partial charge in [-0.25, -0.2) is 4.98 Å². The van der Waals surface area contributed by atoms with E-state index in [0.717, 1.165) is 18.1 Å². The van der Waals surface area contributed by atoms with Crippen molar-refractivity contribution in [2.45, 2.75) is 43.4 Å². The Morgan fingerprint density at radius 1 is 1.14 bits per heavy atom. The van der Waals surface area contributed by atoms with E-state index in [1.54, 1.807) is 0 Å². The van der Waals surface area contributed by atoms with Crippen LogP contribution in [-0.2, 0) is 5.41 Å². The van der Waals surface area contributed by atoms with E-state index < -0.39 is 0 Å². The van der Waals surface area contributed by atoms with Gasteiger partial charge in [-0.15, -0.1) is 11.3 Å². The molecule has 2 aromatic rings. The highest BCUT2D eigenvalue weighted by molar-refractivity contribution is 7.09. The SMILES string of the molecule is Clc1ccc(C2(c3csc(C4CCNCC4)n3)CCC2)cc1. The van der Waals surface area contributed by atoms with Crippen molar-refractivity contribution in [1.29, 1.82) is 0 Å². The molecule has 2 heterocycles. The van der Waals surface area contributed by atoms with E-state index in [0.29, 0.717) is 5.92 Å². The molecule has 0 unspecified atom stereocenters. The van der Waals surface area contributed by atoms with Crippen molar-refractivity contribution in [2.75, 3.05) is 13.1 Å². The fraction of sp³-hybridized carbons (Fsp3) is 0.500. The first-order chi connectivity index (χ1) is 10.8. The Hall–Kier alpha value is -0.900. The van der Waals surface area contributed by atoms with Crippen molar-refractivity contribution in [1.82, 2.24) is 10.3 Å². The van der Waals surface area contributed by atoms with Gasteiger partial charge < -0.3 is 5.32 Å². The minimum Gasteiger partial charge on any atom is -0.317 e. The lowest BCUT2D eigenvalue weighted by Gasteiger charge is -2.41. The number of halogens is 1. The van der Waals surface area contributed by atoms with Crippen LogP contribution in [0.3, 0.4) is 0 Å². The van der Waals surface area contributed by atoms with E-state index in [1.165, 1.54) is 48.4 Å². The van der Waals surface area contributed by atoms with Crippen LogP contribution in [0.4, 0.5) is 0 Å². The number of benzene rings is 1. The first kappa shape index (κ1) is 14.7. The number of piperidine rings is 1. The second kappa shape index (κ2) is 5.95. The highest BCUT2D eigenvalue weighted by Gasteiger charge is 2.42. The van der Waals surface area contributed by atoms with E-state index in [2.05, 4.69) is 22.8 Å². The summed E-state index contributed by atoms with van der Waals surface area (Å²) in [4.78, 5) is 5.08. The molecule has 22 heavy (non-hydrogen) atoms. The maximum Gasteiger partial charge on any atom is 0.0960 e. The molecule has 2 nitrogen and oxygen atoms in total. The van der Waals surface area contributed by atoms with Gasteiger partial charge in [0.05, 0.1) is 10.7 Å². The van der Waals surface area contributed by atoms with Crippen molar-refractivity contribution in [3.05, 3.63) is 50.9 Å². The Kier molecular flexibility index (Phi) is 3.97. The molecule has 1 aromatic carbocycles. The van der Waals surface area contributed by atoms with Crippen LogP contribution in [0.1, 0.15) is 54.3 Å². The van der Waals surface area contributed by atoms with E-state index in [9.17, 15) is 0 Å². The van der Waals surface area contributed by atoms with Gasteiger partial charge in [-0.3, -0.25) is 0 Å². The molecule has 1 saturated carbocycles. The van der Waals surface area contributed by atoms with Crippen LogP contribution in [0.2, 0.25) is 5.02 Å². The van der Waals surface area contributed by atoms with Crippen LogP contribution in [-0.4, -0.2) is 18.1 Å². The van der Waals surface area contributed by atoms with Crippen molar-refractivity contribution in [3.8, 4) is 0 Å². The molecule has 2 fully saturated rings. The standard InChI is InChI=1S/C18H21ClN2S/c19-15-4-2-14(3-5-15)18(8-1-9-18)16-12-22-17(21-16)13-6-10-20-11-7-13/h2-5,12-13,20H,1,6-11H2. The lowest BCUT2D eigenvalue weighted by Crippen LogP contribution is -2.36. The van der Waals surface area contributed by atoms with E-state index in [4.69, 9.17) is 16.6 Å². The van der Waals surface area contributed by atoms with Gasteiger partial charge in [0.25, 0.3) is 0 Å².